The monoisotopic (exact) mass is 443 g/mol. The topological polar surface area (TPSA) is 88.9 Å². The first-order valence-corrected chi connectivity index (χ1v) is 10.4. The lowest BCUT2D eigenvalue weighted by molar-refractivity contribution is 0.461. The van der Waals surface area contributed by atoms with Crippen molar-refractivity contribution in [1.29, 1.82) is 5.26 Å². The normalized spacial score (nSPS) is 10.8. The van der Waals surface area contributed by atoms with Gasteiger partial charge in [-0.1, -0.05) is 42.3 Å². The SMILES string of the molecule is CCc1nn(CCN)c(CNCc2ccc(C#N)cc2)c1Oc1cc(Cl)cc(Cl)c1. The second kappa shape index (κ2) is 10.5. The summed E-state index contributed by atoms with van der Waals surface area (Å²) < 4.78 is 8.07. The smallest absolute Gasteiger partial charge is 0.173 e. The summed E-state index contributed by atoms with van der Waals surface area (Å²) in [4.78, 5) is 0. The zero-order valence-corrected chi connectivity index (χ0v) is 18.2. The van der Waals surface area contributed by atoms with Crippen molar-refractivity contribution in [3.63, 3.8) is 0 Å². The molecule has 0 saturated carbocycles. The van der Waals surface area contributed by atoms with E-state index in [2.05, 4.69) is 16.5 Å². The minimum Gasteiger partial charge on any atom is -0.453 e. The van der Waals surface area contributed by atoms with Crippen LogP contribution in [0.4, 0.5) is 0 Å². The molecule has 0 saturated heterocycles. The van der Waals surface area contributed by atoms with Gasteiger partial charge in [-0.2, -0.15) is 10.4 Å². The van der Waals surface area contributed by atoms with Crippen LogP contribution in [0.15, 0.2) is 42.5 Å². The summed E-state index contributed by atoms with van der Waals surface area (Å²) in [5, 5.41) is 18.0. The highest BCUT2D eigenvalue weighted by Gasteiger charge is 2.19. The summed E-state index contributed by atoms with van der Waals surface area (Å²) in [6.07, 6.45) is 0.712. The van der Waals surface area contributed by atoms with Crippen LogP contribution in [-0.2, 0) is 26.1 Å². The van der Waals surface area contributed by atoms with E-state index in [1.807, 2.05) is 35.9 Å². The molecule has 30 heavy (non-hydrogen) atoms. The molecule has 0 aliphatic carbocycles. The van der Waals surface area contributed by atoms with Crippen LogP contribution in [0.3, 0.4) is 0 Å². The van der Waals surface area contributed by atoms with Gasteiger partial charge >= 0.3 is 0 Å². The summed E-state index contributed by atoms with van der Waals surface area (Å²) >= 11 is 12.2. The maximum Gasteiger partial charge on any atom is 0.173 e. The predicted molar refractivity (Wildman–Crippen MR) is 119 cm³/mol. The lowest BCUT2D eigenvalue weighted by Crippen LogP contribution is -2.19. The molecule has 0 spiro atoms. The van der Waals surface area contributed by atoms with E-state index < -0.39 is 0 Å². The van der Waals surface area contributed by atoms with Crippen molar-refractivity contribution in [2.45, 2.75) is 33.0 Å². The first-order chi connectivity index (χ1) is 14.5. The third-order valence-corrected chi connectivity index (χ3v) is 4.95. The second-order valence-corrected chi connectivity index (χ2v) is 7.58. The number of nitrogens with zero attached hydrogens (tertiary/aromatic N) is 3. The molecule has 0 atom stereocenters. The second-order valence-electron chi connectivity index (χ2n) is 6.71. The maximum absolute atomic E-state index is 8.93. The Hall–Kier alpha value is -2.56. The Morgan fingerprint density at radius 2 is 1.83 bits per heavy atom. The van der Waals surface area contributed by atoms with Gasteiger partial charge in [0.05, 0.1) is 23.9 Å². The van der Waals surface area contributed by atoms with Gasteiger partial charge in [0.2, 0.25) is 0 Å². The minimum absolute atomic E-state index is 0.468. The Morgan fingerprint density at radius 1 is 1.13 bits per heavy atom. The van der Waals surface area contributed by atoms with Gasteiger partial charge in [-0.05, 0) is 42.3 Å². The predicted octanol–water partition coefficient (Wildman–Crippen LogP) is 4.66. The Kier molecular flexibility index (Phi) is 7.72. The fraction of sp³-hybridized carbons (Fsp3) is 0.273. The average Bonchev–Trinajstić information content (AvgIpc) is 3.04. The van der Waals surface area contributed by atoms with E-state index in [4.69, 9.17) is 38.9 Å². The molecule has 3 N–H and O–H groups in total. The number of nitrogens with one attached hydrogen (secondary N) is 1. The molecule has 3 rings (SSSR count). The number of halogens is 2. The molecule has 1 aromatic heterocycles. The van der Waals surface area contributed by atoms with E-state index >= 15 is 0 Å². The molecule has 0 radical (unpaired) electrons. The van der Waals surface area contributed by atoms with Crippen molar-refractivity contribution in [1.82, 2.24) is 15.1 Å². The minimum atomic E-state index is 0.468. The first kappa shape index (κ1) is 22.1. The van der Waals surface area contributed by atoms with Crippen molar-refractivity contribution in [3.05, 3.63) is 75.0 Å². The molecule has 2 aromatic carbocycles. The summed E-state index contributed by atoms with van der Waals surface area (Å²) in [5.74, 6) is 1.25. The van der Waals surface area contributed by atoms with Crippen molar-refractivity contribution >= 4 is 23.2 Å². The van der Waals surface area contributed by atoms with Crippen LogP contribution in [0.2, 0.25) is 10.0 Å². The summed E-state index contributed by atoms with van der Waals surface area (Å²) in [6, 6.07) is 14.7. The first-order valence-electron chi connectivity index (χ1n) is 9.66. The van der Waals surface area contributed by atoms with E-state index in [1.54, 1.807) is 18.2 Å². The molecular formula is C22H23Cl2N5O. The van der Waals surface area contributed by atoms with Crippen LogP contribution in [-0.4, -0.2) is 16.3 Å². The van der Waals surface area contributed by atoms with Gasteiger partial charge in [0.25, 0.3) is 0 Å². The van der Waals surface area contributed by atoms with Crippen molar-refractivity contribution in [3.8, 4) is 17.6 Å². The highest BCUT2D eigenvalue weighted by Crippen LogP contribution is 2.33. The molecule has 156 valence electrons. The van der Waals surface area contributed by atoms with Crippen molar-refractivity contribution < 1.29 is 4.74 Å². The van der Waals surface area contributed by atoms with Crippen LogP contribution in [0.1, 0.15) is 29.4 Å². The number of aromatic nitrogens is 2. The number of hydrogen-bond acceptors (Lipinski definition) is 5. The van der Waals surface area contributed by atoms with Gasteiger partial charge in [-0.25, -0.2) is 0 Å². The third kappa shape index (κ3) is 5.53. The molecule has 3 aromatic rings. The quantitative estimate of drug-likeness (QED) is 0.501. The van der Waals surface area contributed by atoms with Gasteiger partial charge in [0, 0.05) is 29.7 Å². The molecule has 0 bridgehead atoms. The van der Waals surface area contributed by atoms with E-state index in [1.165, 1.54) is 0 Å². The molecule has 0 aliphatic heterocycles. The number of hydrogen-bond donors (Lipinski definition) is 2. The van der Waals surface area contributed by atoms with Crippen molar-refractivity contribution in [2.75, 3.05) is 6.54 Å². The number of nitriles is 1. The average molecular weight is 444 g/mol. The Morgan fingerprint density at radius 3 is 2.43 bits per heavy atom. The van der Waals surface area contributed by atoms with Crippen LogP contribution in [0.5, 0.6) is 11.5 Å². The van der Waals surface area contributed by atoms with Gasteiger partial charge < -0.3 is 15.8 Å². The zero-order valence-electron chi connectivity index (χ0n) is 16.7. The molecule has 6 nitrogen and oxygen atoms in total. The van der Waals surface area contributed by atoms with Gasteiger partial charge in [0.15, 0.2) is 5.75 Å². The van der Waals surface area contributed by atoms with E-state index in [0.717, 1.165) is 17.0 Å². The van der Waals surface area contributed by atoms with Crippen LogP contribution < -0.4 is 15.8 Å². The molecule has 8 heteroatoms. The summed E-state index contributed by atoms with van der Waals surface area (Å²) in [5.41, 5.74) is 9.26. The molecule has 1 heterocycles. The Balaban J connectivity index is 1.83. The zero-order chi connectivity index (χ0) is 21.5. The molecule has 0 aliphatic rings. The lowest BCUT2D eigenvalue weighted by atomic mass is 10.1. The van der Waals surface area contributed by atoms with Crippen molar-refractivity contribution in [2.24, 2.45) is 5.73 Å². The standard InChI is InChI=1S/C22H23Cl2N5O/c1-2-20-22(30-19-10-17(23)9-18(24)11-19)21(29(28-20)8-7-25)14-27-13-16-5-3-15(12-26)4-6-16/h3-6,9-11,27H,2,7-8,13-14,25H2,1H3. The Bertz CT molecular complexity index is 1020. The van der Waals surface area contributed by atoms with Crippen LogP contribution in [0, 0.1) is 11.3 Å². The largest absolute Gasteiger partial charge is 0.453 e. The Labute approximate surface area is 186 Å². The van der Waals surface area contributed by atoms with Gasteiger partial charge in [0.1, 0.15) is 11.4 Å². The van der Waals surface area contributed by atoms with Crippen LogP contribution >= 0.6 is 23.2 Å². The van der Waals surface area contributed by atoms with E-state index in [0.29, 0.717) is 59.7 Å². The molecule has 0 amide bonds. The number of rotatable bonds is 9. The van der Waals surface area contributed by atoms with Gasteiger partial charge in [-0.15, -0.1) is 0 Å². The molecule has 0 fully saturated rings. The fourth-order valence-corrected chi connectivity index (χ4v) is 3.60. The number of aryl methyl sites for hydroxylation is 1. The van der Waals surface area contributed by atoms with E-state index in [9.17, 15) is 0 Å². The molecule has 0 unspecified atom stereocenters. The van der Waals surface area contributed by atoms with Gasteiger partial charge in [-0.3, -0.25) is 4.68 Å². The maximum atomic E-state index is 8.93. The molecular weight excluding hydrogens is 421 g/mol. The fourth-order valence-electron chi connectivity index (χ4n) is 3.09. The summed E-state index contributed by atoms with van der Waals surface area (Å²) in [7, 11) is 0. The highest BCUT2D eigenvalue weighted by molar-refractivity contribution is 6.34. The number of benzene rings is 2. The van der Waals surface area contributed by atoms with E-state index in [-0.39, 0.29) is 0 Å². The third-order valence-electron chi connectivity index (χ3n) is 4.51. The lowest BCUT2D eigenvalue weighted by Gasteiger charge is -2.12. The van der Waals surface area contributed by atoms with Crippen LogP contribution in [0.25, 0.3) is 0 Å². The number of ether oxygens (including phenoxy) is 1. The highest BCUT2D eigenvalue weighted by atomic mass is 35.5. The number of nitrogens with two attached hydrogens (primary N) is 1. The summed E-state index contributed by atoms with van der Waals surface area (Å²) in [6.45, 7) is 4.26.